The second-order valence-electron chi connectivity index (χ2n) is 8.95. The average molecular weight is 535 g/mol. The van der Waals surface area contributed by atoms with Gasteiger partial charge < -0.3 is 24.6 Å². The molecule has 5 heterocycles. The molecule has 6 rings (SSSR count). The lowest BCUT2D eigenvalue weighted by atomic mass is 10.1. The first kappa shape index (κ1) is 24.3. The molecule has 13 heteroatoms. The molecule has 0 saturated carbocycles. The molecule has 3 N–H and O–H groups in total. The first-order chi connectivity index (χ1) is 18.6. The van der Waals surface area contributed by atoms with E-state index in [2.05, 4.69) is 26.3 Å². The minimum Gasteiger partial charge on any atom is -0.490 e. The topological polar surface area (TPSA) is 138 Å². The molecule has 2 aliphatic heterocycles. The van der Waals surface area contributed by atoms with E-state index in [1.54, 1.807) is 16.8 Å². The van der Waals surface area contributed by atoms with Crippen molar-refractivity contribution in [3.05, 3.63) is 47.1 Å². The van der Waals surface area contributed by atoms with Crippen molar-refractivity contribution in [2.75, 3.05) is 61.6 Å². The molecule has 2 aliphatic rings. The second-order valence-corrected chi connectivity index (χ2v) is 10.1. The molecule has 196 valence electrons. The minimum absolute atomic E-state index is 0.174. The molecule has 1 amide bonds. The summed E-state index contributed by atoms with van der Waals surface area (Å²) in [7, 11) is 1.88. The summed E-state index contributed by atoms with van der Waals surface area (Å²) in [4.78, 5) is 35.3. The van der Waals surface area contributed by atoms with Gasteiger partial charge in [-0.15, -0.1) is 11.3 Å². The summed E-state index contributed by atoms with van der Waals surface area (Å²) in [6.45, 7) is 4.79. The molecule has 3 aromatic heterocycles. The number of nitrogens with zero attached hydrogens (tertiary/aromatic N) is 6. The zero-order chi connectivity index (χ0) is 26.1. The number of anilines is 3. The van der Waals surface area contributed by atoms with Crippen LogP contribution in [-0.4, -0.2) is 77.6 Å². The Labute approximate surface area is 222 Å². The molecule has 0 spiro atoms. The summed E-state index contributed by atoms with van der Waals surface area (Å²) in [6.07, 6.45) is 2.75. The van der Waals surface area contributed by atoms with Gasteiger partial charge in [-0.3, -0.25) is 10.0 Å². The fourth-order valence-corrected chi connectivity index (χ4v) is 5.61. The van der Waals surface area contributed by atoms with E-state index < -0.39 is 5.91 Å². The van der Waals surface area contributed by atoms with Crippen LogP contribution in [-0.2, 0) is 11.3 Å². The third-order valence-electron chi connectivity index (χ3n) is 6.37. The molecule has 0 atom stereocenters. The maximum Gasteiger partial charge on any atom is 0.277 e. The third-order valence-corrected chi connectivity index (χ3v) is 7.47. The van der Waals surface area contributed by atoms with Crippen molar-refractivity contribution in [1.82, 2.24) is 25.4 Å². The number of amides is 1. The van der Waals surface area contributed by atoms with Crippen LogP contribution in [0.25, 0.3) is 21.6 Å². The number of aromatic nitrogens is 4. The quantitative estimate of drug-likeness (QED) is 0.248. The van der Waals surface area contributed by atoms with Crippen molar-refractivity contribution >= 4 is 44.9 Å². The first-order valence-corrected chi connectivity index (χ1v) is 13.0. The maximum atomic E-state index is 11.6. The average Bonchev–Trinajstić information content (AvgIpc) is 3.38. The molecule has 0 radical (unpaired) electrons. The maximum absolute atomic E-state index is 11.6. The van der Waals surface area contributed by atoms with E-state index in [4.69, 9.17) is 24.6 Å². The summed E-state index contributed by atoms with van der Waals surface area (Å²) in [5.41, 5.74) is 4.50. The molecule has 0 aliphatic carbocycles. The van der Waals surface area contributed by atoms with E-state index in [9.17, 15) is 4.79 Å². The minimum atomic E-state index is -0.657. The third kappa shape index (κ3) is 4.78. The number of rotatable bonds is 6. The van der Waals surface area contributed by atoms with Crippen molar-refractivity contribution in [2.24, 2.45) is 0 Å². The predicted octanol–water partition coefficient (Wildman–Crippen LogP) is 2.54. The summed E-state index contributed by atoms with van der Waals surface area (Å²) < 4.78 is 12.4. The number of hydrogen-bond acceptors (Lipinski definition) is 12. The van der Waals surface area contributed by atoms with E-state index in [1.165, 1.54) is 12.4 Å². The molecule has 4 aromatic rings. The summed E-state index contributed by atoms with van der Waals surface area (Å²) in [5.74, 6) is 2.16. The normalized spacial score (nSPS) is 14.9. The van der Waals surface area contributed by atoms with Crippen molar-refractivity contribution in [3.63, 3.8) is 0 Å². The molecule has 38 heavy (non-hydrogen) atoms. The Morgan fingerprint density at radius 2 is 2.00 bits per heavy atom. The highest BCUT2D eigenvalue weighted by molar-refractivity contribution is 7.19. The second kappa shape index (κ2) is 10.4. The fourth-order valence-electron chi connectivity index (χ4n) is 4.44. The molecular weight excluding hydrogens is 508 g/mol. The monoisotopic (exact) mass is 534 g/mol. The van der Waals surface area contributed by atoms with Gasteiger partial charge in [0.2, 0.25) is 5.95 Å². The highest BCUT2D eigenvalue weighted by Crippen LogP contribution is 2.37. The Hall–Kier alpha value is -4.07. The Bertz CT molecular complexity index is 1470. The number of thiophene rings is 1. The lowest BCUT2D eigenvalue weighted by molar-refractivity contribution is 0.0705. The zero-order valence-electron chi connectivity index (χ0n) is 20.7. The summed E-state index contributed by atoms with van der Waals surface area (Å²) >= 11 is 1.64. The van der Waals surface area contributed by atoms with Gasteiger partial charge in [-0.05, 0) is 24.3 Å². The highest BCUT2D eigenvalue weighted by Gasteiger charge is 2.22. The number of nitrogens with one attached hydrogen (secondary N) is 2. The molecule has 0 unspecified atom stereocenters. The Morgan fingerprint density at radius 1 is 1.18 bits per heavy atom. The number of carbonyl (C=O) groups excluding carboxylic acids is 1. The van der Waals surface area contributed by atoms with Crippen LogP contribution in [0.4, 0.5) is 17.5 Å². The lowest BCUT2D eigenvalue weighted by Gasteiger charge is -2.28. The highest BCUT2D eigenvalue weighted by atomic mass is 32.1. The van der Waals surface area contributed by atoms with Crippen LogP contribution < -0.4 is 25.3 Å². The van der Waals surface area contributed by atoms with Gasteiger partial charge in [-0.1, -0.05) is 0 Å². The first-order valence-electron chi connectivity index (χ1n) is 12.2. The number of morpholine rings is 1. The predicted molar refractivity (Wildman–Crippen MR) is 143 cm³/mol. The number of ether oxygens (including phenoxy) is 2. The van der Waals surface area contributed by atoms with E-state index >= 15 is 0 Å². The van der Waals surface area contributed by atoms with E-state index in [0.29, 0.717) is 38.1 Å². The molecule has 1 saturated heterocycles. The van der Waals surface area contributed by atoms with Crippen LogP contribution in [0.15, 0.2) is 36.7 Å². The van der Waals surface area contributed by atoms with Gasteiger partial charge in [0.1, 0.15) is 12.4 Å². The zero-order valence-corrected chi connectivity index (χ0v) is 21.5. The van der Waals surface area contributed by atoms with Gasteiger partial charge in [0.05, 0.1) is 41.2 Å². The van der Waals surface area contributed by atoms with Crippen LogP contribution in [0.1, 0.15) is 15.2 Å². The number of hydroxylamine groups is 1. The fraction of sp³-hybridized carbons (Fsp3) is 0.320. The van der Waals surface area contributed by atoms with Gasteiger partial charge in [-0.25, -0.2) is 25.4 Å². The smallest absolute Gasteiger partial charge is 0.277 e. The standard InChI is InChI=1S/C25H26N8O4S/c1-32(25-27-12-16(13-28-25)24(34)31-35)14-17-11-19-21(38-17)23(33-5-8-36-9-6-33)30-22(29-19)15-2-3-18-20(10-15)37-7-4-26-18/h2-3,10-13,26,35H,4-9,14H2,1H3,(H,31,34). The van der Waals surface area contributed by atoms with E-state index in [-0.39, 0.29) is 5.56 Å². The summed E-state index contributed by atoms with van der Waals surface area (Å²) in [6, 6.07) is 8.10. The Morgan fingerprint density at radius 3 is 2.79 bits per heavy atom. The molecule has 0 bridgehead atoms. The molecular formula is C25H26N8O4S. The SMILES string of the molecule is CN(Cc1cc2nc(-c3ccc4c(c3)OCCN4)nc(N3CCOCC3)c2s1)c1ncc(C(=O)NO)cn1. The number of hydrogen-bond donors (Lipinski definition) is 3. The van der Waals surface area contributed by atoms with Gasteiger partial charge in [0.25, 0.3) is 5.91 Å². The van der Waals surface area contributed by atoms with E-state index in [1.807, 2.05) is 30.1 Å². The largest absolute Gasteiger partial charge is 0.490 e. The van der Waals surface area contributed by atoms with Crippen molar-refractivity contribution in [1.29, 1.82) is 0 Å². The van der Waals surface area contributed by atoms with E-state index in [0.717, 1.165) is 57.5 Å². The van der Waals surface area contributed by atoms with Crippen molar-refractivity contribution in [3.8, 4) is 17.1 Å². The molecule has 1 fully saturated rings. The van der Waals surface area contributed by atoms with Crippen LogP contribution in [0, 0.1) is 0 Å². The van der Waals surface area contributed by atoms with Crippen LogP contribution in [0.3, 0.4) is 0 Å². The van der Waals surface area contributed by atoms with Crippen LogP contribution in [0.2, 0.25) is 0 Å². The van der Waals surface area contributed by atoms with Gasteiger partial charge >= 0.3 is 0 Å². The number of benzene rings is 1. The lowest BCUT2D eigenvalue weighted by Crippen LogP contribution is -2.36. The Kier molecular flexibility index (Phi) is 6.62. The number of carbonyl (C=O) groups is 1. The molecule has 1 aromatic carbocycles. The van der Waals surface area contributed by atoms with Crippen LogP contribution in [0.5, 0.6) is 5.75 Å². The Balaban J connectivity index is 1.34. The molecule has 12 nitrogen and oxygen atoms in total. The van der Waals surface area contributed by atoms with Crippen LogP contribution >= 0.6 is 11.3 Å². The van der Waals surface area contributed by atoms with Gasteiger partial charge in [0.15, 0.2) is 11.6 Å². The summed E-state index contributed by atoms with van der Waals surface area (Å²) in [5, 5.41) is 12.1. The number of fused-ring (bicyclic) bond motifs is 2. The van der Waals surface area contributed by atoms with Crippen molar-refractivity contribution in [2.45, 2.75) is 6.54 Å². The van der Waals surface area contributed by atoms with Gasteiger partial charge in [0, 0.05) is 49.5 Å². The van der Waals surface area contributed by atoms with Gasteiger partial charge in [-0.2, -0.15) is 0 Å². The van der Waals surface area contributed by atoms with Crippen molar-refractivity contribution < 1.29 is 19.5 Å².